The number of aliphatic imine (C=N–C) groups is 1. The summed E-state index contributed by atoms with van der Waals surface area (Å²) in [5, 5.41) is 12.1. The first-order valence-electron chi connectivity index (χ1n) is 8.88. The summed E-state index contributed by atoms with van der Waals surface area (Å²) in [6, 6.07) is 2.78. The normalized spacial score (nSPS) is 25.3. The zero-order chi connectivity index (χ0) is 22.5. The Balaban J connectivity index is 2.16. The van der Waals surface area contributed by atoms with Crippen molar-refractivity contribution in [1.29, 1.82) is 0 Å². The predicted molar refractivity (Wildman–Crippen MR) is 103 cm³/mol. The third kappa shape index (κ3) is 3.69. The van der Waals surface area contributed by atoms with Gasteiger partial charge in [-0.2, -0.15) is 0 Å². The molecule has 0 aromatic heterocycles. The molecule has 2 aliphatic heterocycles. The van der Waals surface area contributed by atoms with Crippen molar-refractivity contribution < 1.29 is 32.0 Å². The number of ether oxygens (including phenoxy) is 2. The summed E-state index contributed by atoms with van der Waals surface area (Å²) >= 11 is 0. The van der Waals surface area contributed by atoms with Crippen molar-refractivity contribution >= 4 is 27.8 Å². The summed E-state index contributed by atoms with van der Waals surface area (Å²) in [6.45, 7) is 4.23. The Kier molecular flexibility index (Phi) is 5.23. The number of hydrogen-bond acceptors (Lipinski definition) is 8. The number of rotatable bonds is 2. The summed E-state index contributed by atoms with van der Waals surface area (Å²) in [5.41, 5.74) is -3.41. The number of guanidine groups is 1. The quantitative estimate of drug-likeness (QED) is 0.538. The molecule has 0 aliphatic carbocycles. The van der Waals surface area contributed by atoms with Crippen molar-refractivity contribution in [2.45, 2.75) is 37.2 Å². The van der Waals surface area contributed by atoms with E-state index in [9.17, 15) is 27.7 Å². The molecule has 1 aromatic carbocycles. The highest BCUT2D eigenvalue weighted by atomic mass is 32.2. The van der Waals surface area contributed by atoms with Crippen LogP contribution in [0.2, 0.25) is 0 Å². The highest BCUT2D eigenvalue weighted by Crippen LogP contribution is 2.44. The molecule has 2 heterocycles. The predicted octanol–water partition coefficient (Wildman–Crippen LogP) is 1.48. The topological polar surface area (TPSA) is 140 Å². The Labute approximate surface area is 172 Å². The molecule has 0 spiro atoms. The van der Waals surface area contributed by atoms with Crippen LogP contribution in [0.25, 0.3) is 0 Å². The average Bonchev–Trinajstić information content (AvgIpc) is 3.04. The molecule has 30 heavy (non-hydrogen) atoms. The molecule has 0 unspecified atom stereocenters. The van der Waals surface area contributed by atoms with Crippen molar-refractivity contribution in [3.8, 4) is 0 Å². The maximum absolute atomic E-state index is 14.7. The molecule has 0 radical (unpaired) electrons. The number of nitro benzene ring substituents is 1. The van der Waals surface area contributed by atoms with Gasteiger partial charge in [-0.25, -0.2) is 26.9 Å². The SMILES string of the molecule is CN1C(NC(=O)OC(C)(C)C)=N[C@]2(c3cc([N+](=O)[O-])ccc3F)COC[C@@H]2S1(=O)=O. The Hall–Kier alpha value is -2.80. The standard InChI is InChI=1S/C17H21FN4O7S/c1-16(2,3)29-15(23)19-14-20-17(9-28-8-13(17)30(26,27)21(14)4)11-7-10(22(24)25)5-6-12(11)18/h5-7,13H,8-9H2,1-4H3,(H,19,20,23)/t13-,17-/m0/s1. The van der Waals surface area contributed by atoms with Gasteiger partial charge >= 0.3 is 6.09 Å². The van der Waals surface area contributed by atoms with Gasteiger partial charge in [-0.05, 0) is 26.8 Å². The number of fused-ring (bicyclic) bond motifs is 1. The third-order valence-electron chi connectivity index (χ3n) is 4.71. The summed E-state index contributed by atoms with van der Waals surface area (Å²) < 4.78 is 52.2. The van der Waals surface area contributed by atoms with E-state index in [1.807, 2.05) is 0 Å². The number of alkyl carbamates (subject to hydrolysis) is 1. The van der Waals surface area contributed by atoms with Gasteiger partial charge in [0.1, 0.15) is 22.2 Å². The van der Waals surface area contributed by atoms with Gasteiger partial charge in [0.25, 0.3) is 5.69 Å². The Morgan fingerprint density at radius 3 is 2.73 bits per heavy atom. The monoisotopic (exact) mass is 444 g/mol. The van der Waals surface area contributed by atoms with Crippen molar-refractivity contribution in [3.63, 3.8) is 0 Å². The van der Waals surface area contributed by atoms with Gasteiger partial charge in [0, 0.05) is 24.7 Å². The van der Waals surface area contributed by atoms with Crippen LogP contribution in [0.4, 0.5) is 14.9 Å². The molecule has 1 amide bonds. The lowest BCUT2D eigenvalue weighted by Gasteiger charge is -2.39. The number of nitrogens with one attached hydrogen (secondary N) is 1. The molecule has 164 valence electrons. The Morgan fingerprint density at radius 1 is 1.47 bits per heavy atom. The van der Waals surface area contributed by atoms with Gasteiger partial charge in [0.2, 0.25) is 16.0 Å². The molecule has 1 fully saturated rings. The van der Waals surface area contributed by atoms with E-state index in [0.29, 0.717) is 0 Å². The van der Waals surface area contributed by atoms with Gasteiger partial charge in [0.05, 0.1) is 18.1 Å². The van der Waals surface area contributed by atoms with E-state index in [2.05, 4.69) is 10.3 Å². The number of nitro groups is 1. The second-order valence-corrected chi connectivity index (χ2v) is 10.1. The molecule has 13 heteroatoms. The maximum Gasteiger partial charge on any atom is 0.414 e. The van der Waals surface area contributed by atoms with Gasteiger partial charge in [-0.15, -0.1) is 0 Å². The number of carbonyl (C=O) groups is 1. The minimum Gasteiger partial charge on any atom is -0.444 e. The van der Waals surface area contributed by atoms with Crippen LogP contribution in [0.3, 0.4) is 0 Å². The minimum absolute atomic E-state index is 0.294. The number of hydrogen-bond donors (Lipinski definition) is 1. The van der Waals surface area contributed by atoms with Gasteiger partial charge < -0.3 is 9.47 Å². The molecular formula is C17H21FN4O7S. The second kappa shape index (κ2) is 7.16. The highest BCUT2D eigenvalue weighted by molar-refractivity contribution is 7.90. The number of sulfonamides is 1. The lowest BCUT2D eigenvalue weighted by molar-refractivity contribution is -0.385. The van der Waals surface area contributed by atoms with E-state index in [0.717, 1.165) is 22.5 Å². The van der Waals surface area contributed by atoms with Crippen molar-refractivity contribution in [1.82, 2.24) is 9.62 Å². The largest absolute Gasteiger partial charge is 0.444 e. The van der Waals surface area contributed by atoms with Crippen LogP contribution in [0.15, 0.2) is 23.2 Å². The van der Waals surface area contributed by atoms with Crippen LogP contribution >= 0.6 is 0 Å². The van der Waals surface area contributed by atoms with Crippen molar-refractivity contribution in [3.05, 3.63) is 39.7 Å². The van der Waals surface area contributed by atoms with E-state index in [1.54, 1.807) is 20.8 Å². The zero-order valence-electron chi connectivity index (χ0n) is 16.7. The number of carbonyl (C=O) groups excluding carboxylic acids is 1. The fourth-order valence-corrected chi connectivity index (χ4v) is 5.05. The highest BCUT2D eigenvalue weighted by Gasteiger charge is 2.59. The summed E-state index contributed by atoms with van der Waals surface area (Å²) in [7, 11) is -2.99. The van der Waals surface area contributed by atoms with E-state index < -0.39 is 54.9 Å². The molecule has 11 nitrogen and oxygen atoms in total. The van der Waals surface area contributed by atoms with Gasteiger partial charge in [-0.1, -0.05) is 0 Å². The first-order valence-corrected chi connectivity index (χ1v) is 10.4. The molecule has 2 atom stereocenters. The average molecular weight is 444 g/mol. The molecule has 3 rings (SSSR count). The molecule has 1 aromatic rings. The van der Waals surface area contributed by atoms with Crippen molar-refractivity contribution in [2.24, 2.45) is 4.99 Å². The van der Waals surface area contributed by atoms with Crippen LogP contribution in [-0.4, -0.2) is 60.8 Å². The number of nitrogens with zero attached hydrogens (tertiary/aromatic N) is 3. The van der Waals surface area contributed by atoms with Crippen LogP contribution < -0.4 is 5.32 Å². The molecular weight excluding hydrogens is 423 g/mol. The molecule has 0 saturated carbocycles. The maximum atomic E-state index is 14.7. The molecule has 1 N–H and O–H groups in total. The molecule has 1 saturated heterocycles. The fourth-order valence-electron chi connectivity index (χ4n) is 3.33. The van der Waals surface area contributed by atoms with Crippen LogP contribution in [0.1, 0.15) is 26.3 Å². The van der Waals surface area contributed by atoms with E-state index >= 15 is 0 Å². The number of benzene rings is 1. The first-order chi connectivity index (χ1) is 13.8. The van der Waals surface area contributed by atoms with E-state index in [-0.39, 0.29) is 18.8 Å². The van der Waals surface area contributed by atoms with Gasteiger partial charge in [0.15, 0.2) is 0 Å². The zero-order valence-corrected chi connectivity index (χ0v) is 17.5. The van der Waals surface area contributed by atoms with Crippen LogP contribution in [-0.2, 0) is 25.0 Å². The van der Waals surface area contributed by atoms with Gasteiger partial charge in [-0.3, -0.25) is 15.4 Å². The second-order valence-electron chi connectivity index (χ2n) is 7.92. The lowest BCUT2D eigenvalue weighted by atomic mass is 9.88. The Bertz CT molecular complexity index is 1040. The van der Waals surface area contributed by atoms with Crippen LogP contribution in [0.5, 0.6) is 0 Å². The minimum atomic E-state index is -4.16. The third-order valence-corrected chi connectivity index (χ3v) is 6.89. The van der Waals surface area contributed by atoms with Crippen molar-refractivity contribution in [2.75, 3.05) is 20.3 Å². The van der Waals surface area contributed by atoms with E-state index in [1.165, 1.54) is 7.05 Å². The first kappa shape index (κ1) is 21.9. The molecule has 2 aliphatic rings. The fraction of sp³-hybridized carbons (Fsp3) is 0.529. The number of halogens is 1. The number of amides is 1. The number of non-ortho nitro benzene ring substituents is 1. The summed E-state index contributed by atoms with van der Waals surface area (Å²) in [5.74, 6) is -1.28. The summed E-state index contributed by atoms with van der Waals surface area (Å²) in [4.78, 5) is 27.0. The summed E-state index contributed by atoms with van der Waals surface area (Å²) in [6.07, 6.45) is -0.963. The van der Waals surface area contributed by atoms with E-state index in [4.69, 9.17) is 9.47 Å². The lowest BCUT2D eigenvalue weighted by Crippen LogP contribution is -2.59. The van der Waals surface area contributed by atoms with Crippen LogP contribution in [0, 0.1) is 15.9 Å². The Morgan fingerprint density at radius 2 is 2.13 bits per heavy atom. The smallest absolute Gasteiger partial charge is 0.414 e. The molecule has 0 bridgehead atoms.